The van der Waals surface area contributed by atoms with Crippen LogP contribution in [0.5, 0.6) is 0 Å². The van der Waals surface area contributed by atoms with Gasteiger partial charge in [0.1, 0.15) is 0 Å². The van der Waals surface area contributed by atoms with Crippen LogP contribution >= 0.6 is 0 Å². The number of nitrogens with zero attached hydrogens (tertiary/aromatic N) is 2. The molecule has 0 radical (unpaired) electrons. The predicted octanol–water partition coefficient (Wildman–Crippen LogP) is 5.86. The number of allylic oxidation sites excluding steroid dienone is 5. The summed E-state index contributed by atoms with van der Waals surface area (Å²) in [5.74, 6) is 1.05. The number of hydrogen-bond acceptors (Lipinski definition) is 3. The lowest BCUT2D eigenvalue weighted by atomic mass is 10.0. The quantitative estimate of drug-likeness (QED) is 0.551. The summed E-state index contributed by atoms with van der Waals surface area (Å²) in [7, 11) is 0. The SMILES string of the molecule is C=C/C=C\C(=C/C)c1ccc(-c2nnc(-c3ccc(C)cc3)o2)cc1. The topological polar surface area (TPSA) is 38.9 Å². The molecule has 3 aromatic rings. The third-order valence-electron chi connectivity index (χ3n) is 3.91. The molecule has 0 bridgehead atoms. The third-order valence-corrected chi connectivity index (χ3v) is 3.91. The lowest BCUT2D eigenvalue weighted by molar-refractivity contribution is 0.584. The van der Waals surface area contributed by atoms with Crippen molar-refractivity contribution in [1.29, 1.82) is 0 Å². The zero-order valence-electron chi connectivity index (χ0n) is 14.4. The summed E-state index contributed by atoms with van der Waals surface area (Å²) >= 11 is 0. The summed E-state index contributed by atoms with van der Waals surface area (Å²) in [5.41, 5.74) is 5.29. The van der Waals surface area contributed by atoms with Crippen molar-refractivity contribution in [2.75, 3.05) is 0 Å². The van der Waals surface area contributed by atoms with Crippen LogP contribution in [0.2, 0.25) is 0 Å². The van der Waals surface area contributed by atoms with Gasteiger partial charge < -0.3 is 4.42 Å². The molecule has 1 heterocycles. The maximum absolute atomic E-state index is 5.82. The summed E-state index contributed by atoms with van der Waals surface area (Å²) in [4.78, 5) is 0. The molecule has 0 fully saturated rings. The van der Waals surface area contributed by atoms with Gasteiger partial charge in [-0.25, -0.2) is 0 Å². The summed E-state index contributed by atoms with van der Waals surface area (Å²) in [5, 5.41) is 8.33. The predicted molar refractivity (Wildman–Crippen MR) is 103 cm³/mol. The molecular weight excluding hydrogens is 308 g/mol. The van der Waals surface area contributed by atoms with Crippen molar-refractivity contribution in [3.63, 3.8) is 0 Å². The molecule has 124 valence electrons. The van der Waals surface area contributed by atoms with Gasteiger partial charge in [-0.15, -0.1) is 10.2 Å². The first kappa shape index (κ1) is 16.7. The fourth-order valence-corrected chi connectivity index (χ4v) is 2.49. The molecule has 0 N–H and O–H groups in total. The van der Waals surface area contributed by atoms with Crippen molar-refractivity contribution < 1.29 is 4.42 Å². The van der Waals surface area contributed by atoms with E-state index in [9.17, 15) is 0 Å². The molecule has 0 aliphatic rings. The molecule has 0 saturated carbocycles. The van der Waals surface area contributed by atoms with Crippen LogP contribution in [0.4, 0.5) is 0 Å². The number of aromatic nitrogens is 2. The molecule has 3 rings (SSSR count). The zero-order chi connectivity index (χ0) is 17.6. The Hall–Kier alpha value is -3.20. The fraction of sp³-hybridized carbons (Fsp3) is 0.0909. The van der Waals surface area contributed by atoms with E-state index >= 15 is 0 Å². The van der Waals surface area contributed by atoms with Gasteiger partial charge in [-0.05, 0) is 49.2 Å². The molecular formula is C22H20N2O. The smallest absolute Gasteiger partial charge is 0.248 e. The molecule has 0 unspecified atom stereocenters. The maximum Gasteiger partial charge on any atom is 0.248 e. The second-order valence-electron chi connectivity index (χ2n) is 5.69. The highest BCUT2D eigenvalue weighted by atomic mass is 16.4. The van der Waals surface area contributed by atoms with Gasteiger partial charge in [-0.3, -0.25) is 0 Å². The van der Waals surface area contributed by atoms with Crippen LogP contribution in [0, 0.1) is 6.92 Å². The first-order chi connectivity index (χ1) is 12.2. The van der Waals surface area contributed by atoms with Gasteiger partial charge in [0.05, 0.1) is 0 Å². The van der Waals surface area contributed by atoms with Gasteiger partial charge in [0.25, 0.3) is 0 Å². The van der Waals surface area contributed by atoms with E-state index in [1.165, 1.54) is 5.56 Å². The van der Waals surface area contributed by atoms with Gasteiger partial charge in [0.15, 0.2) is 0 Å². The summed E-state index contributed by atoms with van der Waals surface area (Å²) < 4.78 is 5.82. The number of aryl methyl sites for hydroxylation is 1. The van der Waals surface area contributed by atoms with E-state index in [-0.39, 0.29) is 0 Å². The fourth-order valence-electron chi connectivity index (χ4n) is 2.49. The van der Waals surface area contributed by atoms with Crippen LogP contribution in [-0.2, 0) is 0 Å². The monoisotopic (exact) mass is 328 g/mol. The minimum Gasteiger partial charge on any atom is -0.416 e. The van der Waals surface area contributed by atoms with E-state index in [4.69, 9.17) is 4.42 Å². The summed E-state index contributed by atoms with van der Waals surface area (Å²) in [6.07, 6.45) is 7.79. The van der Waals surface area contributed by atoms with Gasteiger partial charge in [0, 0.05) is 11.1 Å². The Labute approximate surface area is 148 Å². The Balaban J connectivity index is 1.84. The highest BCUT2D eigenvalue weighted by Crippen LogP contribution is 2.26. The lowest BCUT2D eigenvalue weighted by Crippen LogP contribution is -1.83. The Morgan fingerprint density at radius 1 is 0.920 bits per heavy atom. The van der Waals surface area contributed by atoms with Gasteiger partial charge in [-0.1, -0.05) is 60.7 Å². The van der Waals surface area contributed by atoms with Crippen LogP contribution in [0.15, 0.2) is 83.8 Å². The number of rotatable bonds is 5. The molecule has 0 aliphatic heterocycles. The first-order valence-electron chi connectivity index (χ1n) is 8.18. The van der Waals surface area contributed by atoms with E-state index in [1.54, 1.807) is 6.08 Å². The van der Waals surface area contributed by atoms with Gasteiger partial charge >= 0.3 is 0 Å². The molecule has 0 saturated heterocycles. The average molecular weight is 328 g/mol. The Morgan fingerprint density at radius 3 is 2.00 bits per heavy atom. The van der Waals surface area contributed by atoms with Crippen LogP contribution in [0.1, 0.15) is 18.1 Å². The molecule has 1 aromatic heterocycles. The Bertz CT molecular complexity index is 913. The molecule has 3 heteroatoms. The molecule has 25 heavy (non-hydrogen) atoms. The molecule has 2 aromatic carbocycles. The van der Waals surface area contributed by atoms with E-state index in [2.05, 4.69) is 22.9 Å². The minimum atomic E-state index is 0.519. The molecule has 0 aliphatic carbocycles. The van der Waals surface area contributed by atoms with Crippen LogP contribution < -0.4 is 0 Å². The first-order valence-corrected chi connectivity index (χ1v) is 8.18. The maximum atomic E-state index is 5.82. The number of hydrogen-bond donors (Lipinski definition) is 0. The van der Waals surface area contributed by atoms with Crippen molar-refractivity contribution in [2.24, 2.45) is 0 Å². The van der Waals surface area contributed by atoms with Crippen LogP contribution in [-0.4, -0.2) is 10.2 Å². The van der Waals surface area contributed by atoms with Crippen molar-refractivity contribution >= 4 is 5.57 Å². The lowest BCUT2D eigenvalue weighted by Gasteiger charge is -2.03. The summed E-state index contributed by atoms with van der Waals surface area (Å²) in [6.45, 7) is 7.77. The number of benzene rings is 2. The molecule has 0 atom stereocenters. The third kappa shape index (κ3) is 3.83. The zero-order valence-corrected chi connectivity index (χ0v) is 14.4. The van der Waals surface area contributed by atoms with E-state index < -0.39 is 0 Å². The van der Waals surface area contributed by atoms with Crippen LogP contribution in [0.3, 0.4) is 0 Å². The van der Waals surface area contributed by atoms with Crippen molar-refractivity contribution in [3.05, 3.63) is 90.5 Å². The Kier molecular flexibility index (Phi) is 5.05. The second-order valence-corrected chi connectivity index (χ2v) is 5.69. The summed E-state index contributed by atoms with van der Waals surface area (Å²) in [6, 6.07) is 16.1. The van der Waals surface area contributed by atoms with E-state index in [0.717, 1.165) is 22.3 Å². The molecule has 0 amide bonds. The largest absolute Gasteiger partial charge is 0.416 e. The van der Waals surface area contributed by atoms with Crippen molar-refractivity contribution in [3.8, 4) is 22.9 Å². The van der Waals surface area contributed by atoms with Gasteiger partial charge in [-0.2, -0.15) is 0 Å². The molecule has 0 spiro atoms. The molecule has 3 nitrogen and oxygen atoms in total. The second kappa shape index (κ2) is 7.58. The van der Waals surface area contributed by atoms with Crippen molar-refractivity contribution in [1.82, 2.24) is 10.2 Å². The minimum absolute atomic E-state index is 0.519. The normalized spacial score (nSPS) is 11.8. The average Bonchev–Trinajstić information content (AvgIpc) is 3.13. The van der Waals surface area contributed by atoms with Crippen molar-refractivity contribution in [2.45, 2.75) is 13.8 Å². The van der Waals surface area contributed by atoms with Gasteiger partial charge in [0.2, 0.25) is 11.8 Å². The highest BCUT2D eigenvalue weighted by Gasteiger charge is 2.10. The van der Waals surface area contributed by atoms with Crippen LogP contribution in [0.25, 0.3) is 28.5 Å². The Morgan fingerprint density at radius 2 is 1.48 bits per heavy atom. The highest BCUT2D eigenvalue weighted by molar-refractivity contribution is 5.75. The van der Waals surface area contributed by atoms with E-state index in [1.807, 2.05) is 74.5 Å². The standard InChI is InChI=1S/C22H20N2O/c1-4-6-7-17(5-2)18-12-14-20(15-13-18)22-24-23-21(25-22)19-10-8-16(3)9-11-19/h4-15H,1H2,2-3H3/b7-6-,17-5+. The van der Waals surface area contributed by atoms with E-state index in [0.29, 0.717) is 11.8 Å².